The number of hydrogen-bond acceptors (Lipinski definition) is 6. The van der Waals surface area contributed by atoms with E-state index in [0.717, 1.165) is 50.6 Å². The lowest BCUT2D eigenvalue weighted by Gasteiger charge is -2.46. The highest BCUT2D eigenvalue weighted by Crippen LogP contribution is 2.40. The Morgan fingerprint density at radius 2 is 1.80 bits per heavy atom. The molecule has 1 atom stereocenters. The normalized spacial score (nSPS) is 23.0. The van der Waals surface area contributed by atoms with Crippen LogP contribution in [-0.4, -0.2) is 62.7 Å². The van der Waals surface area contributed by atoms with Crippen molar-refractivity contribution in [3.8, 4) is 0 Å². The summed E-state index contributed by atoms with van der Waals surface area (Å²) < 4.78 is 76.4. The number of anilines is 2. The zero-order valence-electron chi connectivity index (χ0n) is 19.7. The summed E-state index contributed by atoms with van der Waals surface area (Å²) in [4.78, 5) is 6.26. The number of likely N-dealkylation sites (tertiary alicyclic amines) is 1. The maximum atomic E-state index is 15.2. The Hall–Kier alpha value is -2.08. The fraction of sp³-hybridized carbons (Fsp3) is 0.522. The second-order valence-corrected chi connectivity index (χ2v) is 11.6. The molecule has 0 saturated carbocycles. The Bertz CT molecular complexity index is 1220. The van der Waals surface area contributed by atoms with Crippen LogP contribution in [0.5, 0.6) is 0 Å². The Kier molecular flexibility index (Phi) is 7.00. The summed E-state index contributed by atoms with van der Waals surface area (Å²) in [5.74, 6) is -4.07. The van der Waals surface area contributed by atoms with Crippen molar-refractivity contribution in [2.75, 3.05) is 42.9 Å². The van der Waals surface area contributed by atoms with Gasteiger partial charge in [-0.05, 0) is 45.2 Å². The third kappa shape index (κ3) is 5.09. The van der Waals surface area contributed by atoms with Gasteiger partial charge in [0.15, 0.2) is 10.7 Å². The lowest BCUT2D eigenvalue weighted by molar-refractivity contribution is -0.0604. The Labute approximate surface area is 208 Å². The molecule has 3 heterocycles. The zero-order chi connectivity index (χ0) is 25.6. The fourth-order valence-electron chi connectivity index (χ4n) is 4.83. The van der Waals surface area contributed by atoms with Crippen LogP contribution < -0.4 is 9.62 Å². The SMILES string of the molecule is COC1(C)CCN(C2(C)CCN(c3cc(F)c(S(=O)(=O)Nc4cccc(F)n4)c(F)c3Cl)C2)CC1. The van der Waals surface area contributed by atoms with Crippen molar-refractivity contribution in [3.63, 3.8) is 0 Å². The smallest absolute Gasteiger partial charge is 0.268 e. The number of nitrogens with one attached hydrogen (secondary N) is 1. The molecule has 2 saturated heterocycles. The van der Waals surface area contributed by atoms with Gasteiger partial charge in [0.05, 0.1) is 11.3 Å². The first-order valence-corrected chi connectivity index (χ1v) is 13.1. The van der Waals surface area contributed by atoms with E-state index in [9.17, 15) is 12.8 Å². The van der Waals surface area contributed by atoms with Crippen LogP contribution in [-0.2, 0) is 14.8 Å². The van der Waals surface area contributed by atoms with Crippen molar-refractivity contribution in [3.05, 3.63) is 46.9 Å². The number of benzene rings is 1. The summed E-state index contributed by atoms with van der Waals surface area (Å²) in [5.41, 5.74) is -0.301. The van der Waals surface area contributed by atoms with Crippen LogP contribution in [0.1, 0.15) is 33.1 Å². The summed E-state index contributed by atoms with van der Waals surface area (Å²) in [6.07, 6.45) is 2.51. The molecule has 0 amide bonds. The first-order valence-electron chi connectivity index (χ1n) is 11.3. The van der Waals surface area contributed by atoms with Gasteiger partial charge in [-0.25, -0.2) is 22.2 Å². The van der Waals surface area contributed by atoms with Gasteiger partial charge in [-0.15, -0.1) is 0 Å². The number of sulfonamides is 1. The van der Waals surface area contributed by atoms with Crippen LogP contribution in [0.2, 0.25) is 5.02 Å². The zero-order valence-corrected chi connectivity index (χ0v) is 21.3. The number of nitrogens with zero attached hydrogens (tertiary/aromatic N) is 3. The van der Waals surface area contributed by atoms with Gasteiger partial charge in [0.25, 0.3) is 10.0 Å². The topological polar surface area (TPSA) is 74.8 Å². The molecule has 1 N–H and O–H groups in total. The number of piperidine rings is 1. The van der Waals surface area contributed by atoms with Crippen molar-refractivity contribution in [1.82, 2.24) is 9.88 Å². The molecular formula is C23H28ClF3N4O3S. The summed E-state index contributed by atoms with van der Waals surface area (Å²) in [5, 5.41) is -0.492. The molecule has 0 bridgehead atoms. The first-order chi connectivity index (χ1) is 16.4. The number of ether oxygens (including phenoxy) is 1. The molecule has 35 heavy (non-hydrogen) atoms. The Morgan fingerprint density at radius 3 is 2.43 bits per heavy atom. The Morgan fingerprint density at radius 1 is 1.11 bits per heavy atom. The van der Waals surface area contributed by atoms with Crippen LogP contribution in [0.15, 0.2) is 29.2 Å². The van der Waals surface area contributed by atoms with Gasteiger partial charge in [0, 0.05) is 44.9 Å². The minimum Gasteiger partial charge on any atom is -0.378 e. The largest absolute Gasteiger partial charge is 0.378 e. The minimum absolute atomic E-state index is 0.0898. The maximum Gasteiger partial charge on any atom is 0.268 e. The monoisotopic (exact) mass is 532 g/mol. The van der Waals surface area contributed by atoms with E-state index in [1.54, 1.807) is 12.0 Å². The number of rotatable bonds is 6. The molecule has 4 rings (SSSR count). The molecule has 0 aliphatic carbocycles. The lowest BCUT2D eigenvalue weighted by atomic mass is 9.88. The number of hydrogen-bond donors (Lipinski definition) is 1. The predicted octanol–water partition coefficient (Wildman–Crippen LogP) is 4.42. The van der Waals surface area contributed by atoms with Gasteiger partial charge in [-0.2, -0.15) is 4.39 Å². The summed E-state index contributed by atoms with van der Waals surface area (Å²) in [6, 6.07) is 4.32. The number of aromatic nitrogens is 1. The summed E-state index contributed by atoms with van der Waals surface area (Å²) >= 11 is 6.24. The average Bonchev–Trinajstić information content (AvgIpc) is 3.19. The Balaban J connectivity index is 1.56. The van der Waals surface area contributed by atoms with Crippen molar-refractivity contribution in [2.24, 2.45) is 0 Å². The first kappa shape index (κ1) is 26.0. The van der Waals surface area contributed by atoms with Gasteiger partial charge in [-0.1, -0.05) is 17.7 Å². The molecule has 2 aromatic rings. The highest BCUT2D eigenvalue weighted by Gasteiger charge is 2.43. The molecule has 0 spiro atoms. The molecule has 1 aromatic heterocycles. The molecule has 2 fully saturated rings. The maximum absolute atomic E-state index is 15.2. The van der Waals surface area contributed by atoms with Gasteiger partial charge >= 0.3 is 0 Å². The molecule has 192 valence electrons. The van der Waals surface area contributed by atoms with E-state index < -0.39 is 43.3 Å². The quantitative estimate of drug-likeness (QED) is 0.438. The van der Waals surface area contributed by atoms with Crippen LogP contribution in [0.25, 0.3) is 0 Å². The van der Waals surface area contributed by atoms with Crippen molar-refractivity contribution >= 4 is 33.1 Å². The van der Waals surface area contributed by atoms with E-state index in [1.807, 2.05) is 4.72 Å². The van der Waals surface area contributed by atoms with Crippen molar-refractivity contribution < 1.29 is 26.3 Å². The summed E-state index contributed by atoms with van der Waals surface area (Å²) in [7, 11) is -3.04. The summed E-state index contributed by atoms with van der Waals surface area (Å²) in [6.45, 7) is 6.85. The highest BCUT2D eigenvalue weighted by atomic mass is 35.5. The molecule has 7 nitrogen and oxygen atoms in total. The molecule has 1 aromatic carbocycles. The van der Waals surface area contributed by atoms with E-state index in [-0.39, 0.29) is 16.8 Å². The number of methoxy groups -OCH3 is 1. The second kappa shape index (κ2) is 9.42. The van der Waals surface area contributed by atoms with Crippen molar-refractivity contribution in [2.45, 2.75) is 49.1 Å². The average molecular weight is 533 g/mol. The third-order valence-electron chi connectivity index (χ3n) is 7.19. The standard InChI is InChI=1S/C23H28ClF3N4O3S/c1-22(31-11-8-23(2,34-3)9-12-31)7-10-30(14-22)16-13-15(25)21(20(27)19(16)24)35(32,33)29-18-6-4-5-17(26)28-18/h4-6,13H,7-12,14H2,1-3H3,(H,28,29). The molecule has 2 aliphatic rings. The molecule has 1 unspecified atom stereocenters. The van der Waals surface area contributed by atoms with Gasteiger partial charge < -0.3 is 9.64 Å². The lowest BCUT2D eigenvalue weighted by Crippen LogP contribution is -2.54. The van der Waals surface area contributed by atoms with Crippen LogP contribution in [0.3, 0.4) is 0 Å². The van der Waals surface area contributed by atoms with E-state index in [2.05, 4.69) is 23.7 Å². The van der Waals surface area contributed by atoms with Crippen LogP contribution in [0.4, 0.5) is 24.7 Å². The fourth-order valence-corrected chi connectivity index (χ4v) is 6.30. The molecule has 2 aliphatic heterocycles. The van der Waals surface area contributed by atoms with E-state index in [0.29, 0.717) is 13.1 Å². The van der Waals surface area contributed by atoms with Crippen LogP contribution >= 0.6 is 11.6 Å². The second-order valence-electron chi connectivity index (χ2n) is 9.60. The van der Waals surface area contributed by atoms with E-state index >= 15 is 8.78 Å². The predicted molar refractivity (Wildman–Crippen MR) is 128 cm³/mol. The minimum atomic E-state index is -4.76. The molecule has 12 heteroatoms. The van der Waals surface area contributed by atoms with E-state index in [4.69, 9.17) is 16.3 Å². The van der Waals surface area contributed by atoms with Crippen molar-refractivity contribution in [1.29, 1.82) is 0 Å². The number of pyridine rings is 1. The molecule has 0 radical (unpaired) electrons. The number of halogens is 4. The molecular weight excluding hydrogens is 505 g/mol. The van der Waals surface area contributed by atoms with Crippen LogP contribution in [0, 0.1) is 17.6 Å². The van der Waals surface area contributed by atoms with Gasteiger partial charge in [0.2, 0.25) is 5.95 Å². The van der Waals surface area contributed by atoms with E-state index in [1.165, 1.54) is 6.07 Å². The third-order valence-corrected chi connectivity index (χ3v) is 8.94. The highest BCUT2D eigenvalue weighted by molar-refractivity contribution is 7.92. The van der Waals surface area contributed by atoms with Gasteiger partial charge in [0.1, 0.15) is 16.7 Å². The van der Waals surface area contributed by atoms with Gasteiger partial charge in [-0.3, -0.25) is 9.62 Å².